The van der Waals surface area contributed by atoms with Crippen molar-refractivity contribution in [2.75, 3.05) is 0 Å². The van der Waals surface area contributed by atoms with Gasteiger partial charge >= 0.3 is 11.7 Å². The summed E-state index contributed by atoms with van der Waals surface area (Å²) >= 11 is 0. The number of carbonyl (C=O) groups is 1. The highest BCUT2D eigenvalue weighted by molar-refractivity contribution is 5.89. The van der Waals surface area contributed by atoms with Crippen molar-refractivity contribution in [2.24, 2.45) is 0 Å². The topological polar surface area (TPSA) is 95.5 Å². The predicted molar refractivity (Wildman–Crippen MR) is 68.2 cm³/mol. The van der Waals surface area contributed by atoms with Gasteiger partial charge in [0.2, 0.25) is 5.82 Å². The Morgan fingerprint density at radius 3 is 2.71 bits per heavy atom. The number of nitro groups is 1. The van der Waals surface area contributed by atoms with Crippen LogP contribution in [0.2, 0.25) is 0 Å². The van der Waals surface area contributed by atoms with Crippen LogP contribution in [-0.2, 0) is 11.3 Å². The Morgan fingerprint density at radius 2 is 2.19 bits per heavy atom. The number of rotatable bonds is 4. The van der Waals surface area contributed by atoms with E-state index in [-0.39, 0.29) is 12.2 Å². The SMILES string of the molecule is Cc1noc(C)c1COC(=O)c1ccc([N+](=O)[O-])c(F)c1. The Bertz CT molecular complexity index is 691. The molecule has 2 rings (SSSR count). The highest BCUT2D eigenvalue weighted by atomic mass is 19.1. The average molecular weight is 294 g/mol. The van der Waals surface area contributed by atoms with Crippen molar-refractivity contribution in [3.05, 3.63) is 56.7 Å². The monoisotopic (exact) mass is 294 g/mol. The lowest BCUT2D eigenvalue weighted by atomic mass is 10.2. The molecule has 1 heterocycles. The lowest BCUT2D eigenvalue weighted by Crippen LogP contribution is -2.07. The second-order valence-corrected chi connectivity index (χ2v) is 4.30. The van der Waals surface area contributed by atoms with Crippen LogP contribution in [0.5, 0.6) is 0 Å². The number of hydrogen-bond donors (Lipinski definition) is 0. The molecule has 2 aromatic rings. The van der Waals surface area contributed by atoms with Crippen molar-refractivity contribution in [3.63, 3.8) is 0 Å². The molecular weight excluding hydrogens is 283 g/mol. The molecule has 0 atom stereocenters. The molecule has 0 bridgehead atoms. The molecule has 0 saturated heterocycles. The van der Waals surface area contributed by atoms with E-state index in [4.69, 9.17) is 9.26 Å². The second kappa shape index (κ2) is 5.70. The fourth-order valence-electron chi connectivity index (χ4n) is 1.71. The maximum Gasteiger partial charge on any atom is 0.338 e. The standard InChI is InChI=1S/C13H11FN2O5/c1-7-10(8(2)21-15-7)6-20-13(17)9-3-4-12(16(18)19)11(14)5-9/h3-5H,6H2,1-2H3. The third-order valence-corrected chi connectivity index (χ3v) is 2.91. The number of carbonyl (C=O) groups excluding carboxylic acids is 1. The van der Waals surface area contributed by atoms with E-state index in [1.807, 2.05) is 0 Å². The van der Waals surface area contributed by atoms with Crippen molar-refractivity contribution >= 4 is 11.7 Å². The van der Waals surface area contributed by atoms with Gasteiger partial charge in [0.25, 0.3) is 0 Å². The predicted octanol–water partition coefficient (Wildman–Crippen LogP) is 2.70. The maximum absolute atomic E-state index is 13.4. The van der Waals surface area contributed by atoms with Gasteiger partial charge in [-0.1, -0.05) is 5.16 Å². The van der Waals surface area contributed by atoms with Crippen LogP contribution in [0, 0.1) is 29.8 Å². The fraction of sp³-hybridized carbons (Fsp3) is 0.231. The Balaban J connectivity index is 2.11. The number of benzene rings is 1. The van der Waals surface area contributed by atoms with Crippen LogP contribution in [0.15, 0.2) is 22.7 Å². The van der Waals surface area contributed by atoms with E-state index in [9.17, 15) is 19.3 Å². The molecule has 0 aliphatic heterocycles. The van der Waals surface area contributed by atoms with Gasteiger partial charge in [0.05, 0.1) is 21.7 Å². The minimum absolute atomic E-state index is 0.0708. The van der Waals surface area contributed by atoms with Crippen molar-refractivity contribution in [3.8, 4) is 0 Å². The number of ether oxygens (including phenoxy) is 1. The van der Waals surface area contributed by atoms with Crippen LogP contribution in [-0.4, -0.2) is 16.0 Å². The van der Waals surface area contributed by atoms with Crippen LogP contribution in [0.3, 0.4) is 0 Å². The summed E-state index contributed by atoms with van der Waals surface area (Å²) in [6.45, 7) is 3.30. The molecule has 1 aromatic heterocycles. The first-order chi connectivity index (χ1) is 9.90. The van der Waals surface area contributed by atoms with E-state index in [1.165, 1.54) is 0 Å². The van der Waals surface area contributed by atoms with Crippen molar-refractivity contribution in [1.82, 2.24) is 5.16 Å². The van der Waals surface area contributed by atoms with Crippen LogP contribution < -0.4 is 0 Å². The quantitative estimate of drug-likeness (QED) is 0.488. The molecule has 0 spiro atoms. The van der Waals surface area contributed by atoms with Gasteiger partial charge in [-0.2, -0.15) is 4.39 Å². The first-order valence-corrected chi connectivity index (χ1v) is 5.93. The van der Waals surface area contributed by atoms with E-state index in [1.54, 1.807) is 13.8 Å². The zero-order valence-corrected chi connectivity index (χ0v) is 11.3. The summed E-state index contributed by atoms with van der Waals surface area (Å²) in [6, 6.07) is 2.83. The molecule has 1 aromatic carbocycles. The third kappa shape index (κ3) is 3.04. The number of halogens is 1. The minimum atomic E-state index is -1.09. The van der Waals surface area contributed by atoms with Crippen LogP contribution >= 0.6 is 0 Å². The van der Waals surface area contributed by atoms with Gasteiger partial charge in [0.1, 0.15) is 12.4 Å². The molecule has 8 heteroatoms. The summed E-state index contributed by atoms with van der Waals surface area (Å²) < 4.78 is 23.4. The molecule has 21 heavy (non-hydrogen) atoms. The summed E-state index contributed by atoms with van der Waals surface area (Å²) in [7, 11) is 0. The lowest BCUT2D eigenvalue weighted by Gasteiger charge is -2.04. The zero-order valence-electron chi connectivity index (χ0n) is 11.3. The molecule has 0 saturated carbocycles. The van der Waals surface area contributed by atoms with E-state index in [2.05, 4.69) is 5.16 Å². The number of aryl methyl sites for hydroxylation is 2. The van der Waals surface area contributed by atoms with Crippen LogP contribution in [0.4, 0.5) is 10.1 Å². The lowest BCUT2D eigenvalue weighted by molar-refractivity contribution is -0.387. The third-order valence-electron chi connectivity index (χ3n) is 2.91. The Kier molecular flexibility index (Phi) is 3.97. The summed E-state index contributed by atoms with van der Waals surface area (Å²) in [5, 5.41) is 14.2. The van der Waals surface area contributed by atoms with Crippen LogP contribution in [0.1, 0.15) is 27.4 Å². The summed E-state index contributed by atoms with van der Waals surface area (Å²) in [4.78, 5) is 21.4. The molecule has 0 aliphatic carbocycles. The Morgan fingerprint density at radius 1 is 1.48 bits per heavy atom. The molecule has 110 valence electrons. The molecular formula is C13H11FN2O5. The van der Waals surface area contributed by atoms with Gasteiger partial charge in [-0.25, -0.2) is 4.79 Å². The van der Waals surface area contributed by atoms with E-state index in [0.717, 1.165) is 18.2 Å². The zero-order chi connectivity index (χ0) is 15.6. The molecule has 0 radical (unpaired) electrons. The number of esters is 1. The molecule has 0 unspecified atom stereocenters. The maximum atomic E-state index is 13.4. The number of nitrogens with zero attached hydrogens (tertiary/aromatic N) is 2. The number of hydrogen-bond acceptors (Lipinski definition) is 6. The van der Waals surface area contributed by atoms with Crippen LogP contribution in [0.25, 0.3) is 0 Å². The molecule has 0 N–H and O–H groups in total. The van der Waals surface area contributed by atoms with Gasteiger partial charge < -0.3 is 9.26 Å². The summed E-state index contributed by atoms with van der Waals surface area (Å²) in [5.74, 6) is -1.36. The fourth-order valence-corrected chi connectivity index (χ4v) is 1.71. The van der Waals surface area contributed by atoms with Gasteiger partial charge in [0.15, 0.2) is 0 Å². The van der Waals surface area contributed by atoms with E-state index < -0.39 is 22.4 Å². The van der Waals surface area contributed by atoms with Crippen molar-refractivity contribution in [2.45, 2.75) is 20.5 Å². The highest BCUT2D eigenvalue weighted by Crippen LogP contribution is 2.19. The van der Waals surface area contributed by atoms with Gasteiger partial charge in [-0.15, -0.1) is 0 Å². The highest BCUT2D eigenvalue weighted by Gasteiger charge is 2.18. The van der Waals surface area contributed by atoms with Crippen molar-refractivity contribution < 1.29 is 23.4 Å². The first-order valence-electron chi connectivity index (χ1n) is 5.93. The normalized spacial score (nSPS) is 10.4. The Hall–Kier alpha value is -2.77. The molecule has 0 fully saturated rings. The summed E-state index contributed by atoms with van der Waals surface area (Å²) in [5.41, 5.74) is 0.419. The molecule has 7 nitrogen and oxygen atoms in total. The molecule has 0 aliphatic rings. The Labute approximate surface area is 118 Å². The molecule has 0 amide bonds. The minimum Gasteiger partial charge on any atom is -0.457 e. The first kappa shape index (κ1) is 14.6. The largest absolute Gasteiger partial charge is 0.457 e. The smallest absolute Gasteiger partial charge is 0.338 e. The van der Waals surface area contributed by atoms with Gasteiger partial charge in [-0.05, 0) is 26.0 Å². The number of nitro benzene ring substituents is 1. The summed E-state index contributed by atoms with van der Waals surface area (Å²) in [6.07, 6.45) is 0. The average Bonchev–Trinajstić information content (AvgIpc) is 2.75. The van der Waals surface area contributed by atoms with Gasteiger partial charge in [-0.3, -0.25) is 10.1 Å². The van der Waals surface area contributed by atoms with Crippen molar-refractivity contribution in [1.29, 1.82) is 0 Å². The van der Waals surface area contributed by atoms with E-state index >= 15 is 0 Å². The van der Waals surface area contributed by atoms with Gasteiger partial charge in [0, 0.05) is 6.07 Å². The number of aromatic nitrogens is 1. The van der Waals surface area contributed by atoms with E-state index in [0.29, 0.717) is 17.0 Å². The second-order valence-electron chi connectivity index (χ2n) is 4.30.